The lowest BCUT2D eigenvalue weighted by molar-refractivity contribution is -0.139. The molecule has 0 spiro atoms. The van der Waals surface area contributed by atoms with Gasteiger partial charge in [-0.1, -0.05) is 42.6 Å². The number of aliphatic carboxylic acids is 1. The van der Waals surface area contributed by atoms with Crippen LogP contribution in [0.3, 0.4) is 0 Å². The molecule has 1 aromatic carbocycles. The summed E-state index contributed by atoms with van der Waals surface area (Å²) in [5.74, 6) is 0.0940. The van der Waals surface area contributed by atoms with Crippen molar-refractivity contribution in [2.75, 3.05) is 13.2 Å². The molecule has 0 saturated heterocycles. The summed E-state index contributed by atoms with van der Waals surface area (Å²) in [5.41, 5.74) is 5.32. The minimum Gasteiger partial charge on any atom is -0.482 e. The van der Waals surface area contributed by atoms with Crippen LogP contribution in [-0.2, 0) is 16.1 Å². The van der Waals surface area contributed by atoms with Crippen molar-refractivity contribution in [1.82, 2.24) is 4.98 Å². The van der Waals surface area contributed by atoms with Gasteiger partial charge in [0.25, 0.3) is 0 Å². The van der Waals surface area contributed by atoms with E-state index in [2.05, 4.69) is 22.3 Å². The Balaban J connectivity index is 1.46. The quantitative estimate of drug-likeness (QED) is 0.486. The summed E-state index contributed by atoms with van der Waals surface area (Å²) < 4.78 is 5.44. The van der Waals surface area contributed by atoms with E-state index in [-0.39, 0.29) is 6.61 Å². The third-order valence-corrected chi connectivity index (χ3v) is 5.94. The van der Waals surface area contributed by atoms with Gasteiger partial charge < -0.3 is 14.7 Å². The molecular weight excluding hydrogens is 392 g/mol. The normalized spacial score (nSPS) is 16.9. The highest BCUT2D eigenvalue weighted by Gasteiger charge is 2.22. The van der Waals surface area contributed by atoms with E-state index >= 15 is 0 Å². The van der Waals surface area contributed by atoms with E-state index in [4.69, 9.17) is 14.7 Å². The molecule has 2 aliphatic carbocycles. The number of fused-ring (bicyclic) bond motifs is 1. The number of aromatic nitrogens is 1. The molecule has 6 heteroatoms. The van der Waals surface area contributed by atoms with Crippen LogP contribution in [0.4, 0.5) is 0 Å². The van der Waals surface area contributed by atoms with Gasteiger partial charge in [-0.25, -0.2) is 4.79 Å². The van der Waals surface area contributed by atoms with Crippen LogP contribution in [0.25, 0.3) is 6.08 Å². The van der Waals surface area contributed by atoms with Crippen molar-refractivity contribution in [2.45, 2.75) is 44.9 Å². The fourth-order valence-electron chi connectivity index (χ4n) is 4.39. The molecule has 162 valence electrons. The number of ether oxygens (including phenoxy) is 1. The van der Waals surface area contributed by atoms with Crippen LogP contribution < -0.4 is 4.74 Å². The number of oxime groups is 1. The molecule has 0 radical (unpaired) electrons. The topological polar surface area (TPSA) is 81.0 Å². The molecule has 1 N–H and O–H groups in total. The van der Waals surface area contributed by atoms with Crippen molar-refractivity contribution in [1.29, 1.82) is 0 Å². The molecule has 1 saturated carbocycles. The molecule has 0 amide bonds. The highest BCUT2D eigenvalue weighted by molar-refractivity contribution is 6.01. The second-order valence-electron chi connectivity index (χ2n) is 8.14. The van der Waals surface area contributed by atoms with Crippen LogP contribution in [0.2, 0.25) is 0 Å². The zero-order valence-corrected chi connectivity index (χ0v) is 17.6. The molecule has 0 unspecified atom stereocenters. The summed E-state index contributed by atoms with van der Waals surface area (Å²) in [5, 5.41) is 13.4. The number of carbonyl (C=O) groups is 1. The van der Waals surface area contributed by atoms with Gasteiger partial charge in [-0.05, 0) is 55.0 Å². The van der Waals surface area contributed by atoms with Gasteiger partial charge in [-0.2, -0.15) is 0 Å². The smallest absolute Gasteiger partial charge is 0.341 e. The average molecular weight is 421 g/mol. The molecule has 2 aliphatic rings. The summed E-state index contributed by atoms with van der Waals surface area (Å²) in [4.78, 5) is 20.9. The molecule has 1 fully saturated rings. The Labute approximate surface area is 182 Å². The van der Waals surface area contributed by atoms with Gasteiger partial charge in [0.05, 0.1) is 5.71 Å². The second-order valence-corrected chi connectivity index (χ2v) is 8.14. The Morgan fingerprint density at radius 2 is 2.00 bits per heavy atom. The van der Waals surface area contributed by atoms with Gasteiger partial charge in [0, 0.05) is 29.4 Å². The molecule has 2 aromatic rings. The Morgan fingerprint density at radius 3 is 2.77 bits per heavy atom. The lowest BCUT2D eigenvalue weighted by atomic mass is 9.84. The molecule has 0 aliphatic heterocycles. The fraction of sp³-hybridized carbons (Fsp3) is 0.400. The number of benzene rings is 1. The molecular formula is C25H28N2O4. The number of rotatable bonds is 8. The lowest BCUT2D eigenvalue weighted by Gasteiger charge is -2.23. The molecule has 0 bridgehead atoms. The van der Waals surface area contributed by atoms with Crippen molar-refractivity contribution in [3.63, 3.8) is 0 Å². The van der Waals surface area contributed by atoms with E-state index in [9.17, 15) is 4.79 Å². The lowest BCUT2D eigenvalue weighted by Crippen LogP contribution is -2.20. The second kappa shape index (κ2) is 10.2. The van der Waals surface area contributed by atoms with Crippen molar-refractivity contribution in [2.24, 2.45) is 11.1 Å². The van der Waals surface area contributed by atoms with Gasteiger partial charge in [0.15, 0.2) is 6.61 Å². The van der Waals surface area contributed by atoms with Crippen molar-refractivity contribution in [3.8, 4) is 5.75 Å². The van der Waals surface area contributed by atoms with Gasteiger partial charge >= 0.3 is 5.97 Å². The van der Waals surface area contributed by atoms with Crippen LogP contribution in [-0.4, -0.2) is 35.0 Å². The van der Waals surface area contributed by atoms with E-state index in [0.717, 1.165) is 48.1 Å². The predicted octanol–water partition coefficient (Wildman–Crippen LogP) is 4.88. The first-order valence-corrected chi connectivity index (χ1v) is 11.0. The Morgan fingerprint density at radius 1 is 1.13 bits per heavy atom. The minimum atomic E-state index is -0.974. The largest absolute Gasteiger partial charge is 0.482 e. The minimum absolute atomic E-state index is 0.330. The number of pyridine rings is 1. The third-order valence-electron chi connectivity index (χ3n) is 5.94. The molecule has 6 nitrogen and oxygen atoms in total. The van der Waals surface area contributed by atoms with Gasteiger partial charge in [-0.15, -0.1) is 0 Å². The highest BCUT2D eigenvalue weighted by atomic mass is 16.6. The molecule has 1 heterocycles. The maximum Gasteiger partial charge on any atom is 0.341 e. The molecule has 31 heavy (non-hydrogen) atoms. The Kier molecular flexibility index (Phi) is 6.97. The standard InChI is InChI=1S/C25H28N2O4/c28-24(29)17-30-23-10-4-8-20-14-18(11-12-22(20)23)16-31-27-25(19-6-2-1-3-7-19)21-9-5-13-26-15-21/h4-5,8-10,13-15,19H,1-3,6-7,11-12,16-17H2,(H,28,29). The zero-order chi connectivity index (χ0) is 21.5. The number of hydrogen-bond donors (Lipinski definition) is 1. The van der Waals surface area contributed by atoms with E-state index in [1.54, 1.807) is 6.20 Å². The van der Waals surface area contributed by atoms with E-state index < -0.39 is 5.97 Å². The number of carboxylic acid groups (broad SMARTS) is 1. The molecule has 0 atom stereocenters. The van der Waals surface area contributed by atoms with Crippen LogP contribution in [0, 0.1) is 5.92 Å². The van der Waals surface area contributed by atoms with Crippen molar-refractivity contribution >= 4 is 17.8 Å². The van der Waals surface area contributed by atoms with Crippen LogP contribution in [0.5, 0.6) is 5.75 Å². The molecule has 1 aromatic heterocycles. The maximum atomic E-state index is 10.8. The van der Waals surface area contributed by atoms with E-state index in [1.807, 2.05) is 30.5 Å². The number of nitrogens with zero attached hydrogens (tertiary/aromatic N) is 2. The van der Waals surface area contributed by atoms with E-state index in [0.29, 0.717) is 18.3 Å². The monoisotopic (exact) mass is 420 g/mol. The summed E-state index contributed by atoms with van der Waals surface area (Å²) in [6.07, 6.45) is 13.4. The summed E-state index contributed by atoms with van der Waals surface area (Å²) in [6.45, 7) is 0.110. The van der Waals surface area contributed by atoms with Crippen LogP contribution in [0.15, 0.2) is 53.5 Å². The SMILES string of the molecule is O=C(O)COc1cccc2c1CCC(CON=C(c1cccnc1)C1CCCCC1)=C2. The van der Waals surface area contributed by atoms with Crippen molar-refractivity contribution in [3.05, 3.63) is 65.0 Å². The first kappa shape index (κ1) is 21.1. The predicted molar refractivity (Wildman–Crippen MR) is 119 cm³/mol. The van der Waals surface area contributed by atoms with Crippen LogP contribution in [0.1, 0.15) is 55.2 Å². The highest BCUT2D eigenvalue weighted by Crippen LogP contribution is 2.32. The Bertz CT molecular complexity index is 963. The van der Waals surface area contributed by atoms with Gasteiger partial charge in [-0.3, -0.25) is 4.98 Å². The fourth-order valence-corrected chi connectivity index (χ4v) is 4.39. The maximum absolute atomic E-state index is 10.8. The van der Waals surface area contributed by atoms with E-state index in [1.165, 1.54) is 24.8 Å². The first-order chi connectivity index (χ1) is 15.2. The average Bonchev–Trinajstić information content (AvgIpc) is 2.81. The summed E-state index contributed by atoms with van der Waals surface area (Å²) in [7, 11) is 0. The molecule has 4 rings (SSSR count). The number of hydrogen-bond acceptors (Lipinski definition) is 5. The first-order valence-electron chi connectivity index (χ1n) is 11.0. The van der Waals surface area contributed by atoms with Crippen LogP contribution >= 0.6 is 0 Å². The van der Waals surface area contributed by atoms with Gasteiger partial charge in [0.1, 0.15) is 12.4 Å². The number of carboxylic acids is 1. The Hall–Kier alpha value is -3.15. The van der Waals surface area contributed by atoms with Gasteiger partial charge in [0.2, 0.25) is 0 Å². The summed E-state index contributed by atoms with van der Waals surface area (Å²) >= 11 is 0. The summed E-state index contributed by atoms with van der Waals surface area (Å²) in [6, 6.07) is 9.73. The third kappa shape index (κ3) is 5.51. The van der Waals surface area contributed by atoms with Crippen molar-refractivity contribution < 1.29 is 19.5 Å². The zero-order valence-electron chi connectivity index (χ0n) is 17.6.